The van der Waals surface area contributed by atoms with E-state index in [-0.39, 0.29) is 56.7 Å². The van der Waals surface area contributed by atoms with Gasteiger partial charge in [0.05, 0.1) is 22.5 Å². The van der Waals surface area contributed by atoms with Crippen LogP contribution < -0.4 is 0 Å². The SMILES string of the molecule is Cc1ccc(N=Cc2c(O)c(O)c(C(C)C)c3cc(C)c(-c4c(C)cc5c(C(C)C)c(O)c(O)c(C=Nc6ccc(C)cc6C)c5c4O)c(O)c23)c(C)c1. The standard InChI is InChI=1S/C46H48N2O6/c1-21(2)35-29-17-27(9)37(43(51)39(29)31(41(49)45(35)53)19-47-33-13-11-23(5)15-25(33)7)38-28(10)18-30-36(22(3)4)46(54)42(50)32(40(30)44(38)52)20-48-34-14-12-24(6)16-26(34)8/h11-22,49-54H,1-10H3. The molecular formula is C46H48N2O6. The van der Waals surface area contributed by atoms with Gasteiger partial charge in [-0.3, -0.25) is 9.98 Å². The zero-order valence-corrected chi connectivity index (χ0v) is 32.5. The number of aliphatic imine (C=N–C) groups is 2. The van der Waals surface area contributed by atoms with Crippen LogP contribution in [0.5, 0.6) is 34.5 Å². The van der Waals surface area contributed by atoms with Crippen LogP contribution >= 0.6 is 0 Å². The van der Waals surface area contributed by atoms with Crippen molar-refractivity contribution in [3.05, 3.63) is 104 Å². The number of benzene rings is 6. The van der Waals surface area contributed by atoms with Gasteiger partial charge >= 0.3 is 0 Å². The Morgan fingerprint density at radius 1 is 0.444 bits per heavy atom. The van der Waals surface area contributed by atoms with E-state index in [0.717, 1.165) is 22.3 Å². The summed E-state index contributed by atoms with van der Waals surface area (Å²) < 4.78 is 0. The van der Waals surface area contributed by atoms with Crippen LogP contribution in [0.4, 0.5) is 11.4 Å². The van der Waals surface area contributed by atoms with Crippen molar-refractivity contribution in [3.8, 4) is 45.6 Å². The van der Waals surface area contributed by atoms with Gasteiger partial charge < -0.3 is 30.6 Å². The van der Waals surface area contributed by atoms with Crippen LogP contribution in [0.25, 0.3) is 32.7 Å². The molecule has 0 amide bonds. The molecule has 0 radical (unpaired) electrons. The Morgan fingerprint density at radius 2 is 0.796 bits per heavy atom. The first kappa shape index (κ1) is 37.7. The molecule has 0 saturated heterocycles. The third kappa shape index (κ3) is 6.25. The van der Waals surface area contributed by atoms with E-state index in [1.54, 1.807) is 0 Å². The summed E-state index contributed by atoms with van der Waals surface area (Å²) in [5.74, 6) is -2.33. The number of aromatic hydroxyl groups is 6. The summed E-state index contributed by atoms with van der Waals surface area (Å²) in [5, 5.41) is 72.1. The minimum absolute atomic E-state index is 0.120. The van der Waals surface area contributed by atoms with E-state index in [1.165, 1.54) is 12.4 Å². The van der Waals surface area contributed by atoms with Gasteiger partial charge in [-0.05, 0) is 98.5 Å². The lowest BCUT2D eigenvalue weighted by atomic mass is 9.83. The molecule has 0 aromatic heterocycles. The van der Waals surface area contributed by atoms with Crippen molar-refractivity contribution in [2.75, 3.05) is 0 Å². The summed E-state index contributed by atoms with van der Waals surface area (Å²) >= 11 is 0. The number of nitrogens with zero attached hydrogens (tertiary/aromatic N) is 2. The molecule has 0 fully saturated rings. The quantitative estimate of drug-likeness (QED) is 0.0713. The molecule has 278 valence electrons. The van der Waals surface area contributed by atoms with Gasteiger partial charge in [-0.15, -0.1) is 0 Å². The molecule has 0 atom stereocenters. The molecule has 54 heavy (non-hydrogen) atoms. The second-order valence-corrected chi connectivity index (χ2v) is 15.1. The monoisotopic (exact) mass is 724 g/mol. The van der Waals surface area contributed by atoms with Crippen molar-refractivity contribution in [2.24, 2.45) is 9.98 Å². The second-order valence-electron chi connectivity index (χ2n) is 15.1. The molecule has 8 heteroatoms. The molecule has 6 aromatic carbocycles. The van der Waals surface area contributed by atoms with Crippen molar-refractivity contribution in [3.63, 3.8) is 0 Å². The summed E-state index contributed by atoms with van der Waals surface area (Å²) in [7, 11) is 0. The summed E-state index contributed by atoms with van der Waals surface area (Å²) in [5.41, 5.74) is 8.27. The predicted octanol–water partition coefficient (Wildman–Crippen LogP) is 11.5. The number of hydrogen-bond donors (Lipinski definition) is 6. The molecule has 0 bridgehead atoms. The number of hydrogen-bond acceptors (Lipinski definition) is 8. The first-order valence-electron chi connectivity index (χ1n) is 18.2. The molecule has 6 N–H and O–H groups in total. The Labute approximate surface area is 316 Å². The first-order chi connectivity index (χ1) is 25.4. The van der Waals surface area contributed by atoms with E-state index in [0.29, 0.717) is 55.5 Å². The van der Waals surface area contributed by atoms with Crippen molar-refractivity contribution >= 4 is 45.3 Å². The van der Waals surface area contributed by atoms with Crippen LogP contribution in [0.2, 0.25) is 0 Å². The van der Waals surface area contributed by atoms with Crippen LogP contribution in [0.3, 0.4) is 0 Å². The fraction of sp³-hybridized carbons (Fsp3) is 0.261. The second kappa shape index (κ2) is 14.1. The number of phenolic OH excluding ortho intramolecular Hbond substituents is 6. The van der Waals surface area contributed by atoms with E-state index < -0.39 is 11.5 Å². The van der Waals surface area contributed by atoms with E-state index in [1.807, 2.05) is 118 Å². The average molecular weight is 725 g/mol. The van der Waals surface area contributed by atoms with Gasteiger partial charge in [-0.25, -0.2) is 0 Å². The lowest BCUT2D eigenvalue weighted by Crippen LogP contribution is -2.01. The van der Waals surface area contributed by atoms with Crippen LogP contribution in [-0.2, 0) is 0 Å². The van der Waals surface area contributed by atoms with Crippen LogP contribution in [0, 0.1) is 41.5 Å². The third-order valence-corrected chi connectivity index (χ3v) is 10.4. The molecule has 0 spiro atoms. The van der Waals surface area contributed by atoms with Gasteiger partial charge in [0.1, 0.15) is 11.5 Å². The molecule has 8 nitrogen and oxygen atoms in total. The van der Waals surface area contributed by atoms with Crippen molar-refractivity contribution in [2.45, 2.75) is 81.1 Å². The maximum atomic E-state index is 12.4. The highest BCUT2D eigenvalue weighted by Crippen LogP contribution is 2.54. The Morgan fingerprint density at radius 3 is 1.11 bits per heavy atom. The minimum atomic E-state index is -0.420. The summed E-state index contributed by atoms with van der Waals surface area (Å²) in [4.78, 5) is 9.35. The largest absolute Gasteiger partial charge is 0.507 e. The highest BCUT2D eigenvalue weighted by molar-refractivity contribution is 6.15. The maximum absolute atomic E-state index is 12.4. The summed E-state index contributed by atoms with van der Waals surface area (Å²) in [6, 6.07) is 15.3. The molecule has 0 heterocycles. The van der Waals surface area contributed by atoms with Gasteiger partial charge in [0.15, 0.2) is 23.0 Å². The zero-order valence-electron chi connectivity index (χ0n) is 32.5. The van der Waals surface area contributed by atoms with Crippen LogP contribution in [0.1, 0.15) is 95.2 Å². The molecule has 0 unspecified atom stereocenters. The minimum Gasteiger partial charge on any atom is -0.507 e. The van der Waals surface area contributed by atoms with Gasteiger partial charge in [0.2, 0.25) is 0 Å². The molecule has 0 saturated carbocycles. The summed E-state index contributed by atoms with van der Waals surface area (Å²) in [6.07, 6.45) is 2.89. The number of aryl methyl sites for hydroxylation is 6. The van der Waals surface area contributed by atoms with Crippen LogP contribution in [0.15, 0.2) is 58.5 Å². The van der Waals surface area contributed by atoms with Gasteiger partial charge in [0, 0.05) is 45.5 Å². The Balaban J connectivity index is 1.72. The van der Waals surface area contributed by atoms with Gasteiger partial charge in [-0.1, -0.05) is 75.2 Å². The molecule has 0 aliphatic rings. The van der Waals surface area contributed by atoms with E-state index in [9.17, 15) is 30.6 Å². The predicted molar refractivity (Wildman–Crippen MR) is 221 cm³/mol. The Kier molecular flexibility index (Phi) is 9.84. The lowest BCUT2D eigenvalue weighted by molar-refractivity contribution is 0.398. The van der Waals surface area contributed by atoms with Crippen LogP contribution in [-0.4, -0.2) is 43.1 Å². The van der Waals surface area contributed by atoms with Crippen molar-refractivity contribution in [1.82, 2.24) is 0 Å². The fourth-order valence-electron chi connectivity index (χ4n) is 7.79. The van der Waals surface area contributed by atoms with E-state index in [4.69, 9.17) is 0 Å². The molecular weight excluding hydrogens is 677 g/mol. The maximum Gasteiger partial charge on any atom is 0.167 e. The molecule has 6 rings (SSSR count). The summed E-state index contributed by atoms with van der Waals surface area (Å²) in [6.45, 7) is 19.1. The van der Waals surface area contributed by atoms with E-state index >= 15 is 0 Å². The third-order valence-electron chi connectivity index (χ3n) is 10.4. The van der Waals surface area contributed by atoms with Crippen molar-refractivity contribution in [1.29, 1.82) is 0 Å². The molecule has 0 aliphatic heterocycles. The van der Waals surface area contributed by atoms with Gasteiger partial charge in [-0.2, -0.15) is 0 Å². The first-order valence-corrected chi connectivity index (χ1v) is 18.2. The Bertz CT molecular complexity index is 2400. The Hall–Kier alpha value is -6.02. The van der Waals surface area contributed by atoms with Gasteiger partial charge in [0.25, 0.3) is 0 Å². The molecule has 6 aromatic rings. The average Bonchev–Trinajstić information content (AvgIpc) is 3.08. The number of fused-ring (bicyclic) bond motifs is 2. The topological polar surface area (TPSA) is 146 Å². The highest BCUT2D eigenvalue weighted by atomic mass is 16.3. The molecule has 0 aliphatic carbocycles. The smallest absolute Gasteiger partial charge is 0.167 e. The number of phenols is 6. The zero-order chi connectivity index (χ0) is 39.5. The highest BCUT2D eigenvalue weighted by Gasteiger charge is 2.29. The lowest BCUT2D eigenvalue weighted by Gasteiger charge is -2.23. The van der Waals surface area contributed by atoms with Crippen molar-refractivity contribution < 1.29 is 30.6 Å². The normalized spacial score (nSPS) is 12.1. The van der Waals surface area contributed by atoms with E-state index in [2.05, 4.69) is 9.98 Å². The number of rotatable bonds is 7. The fourth-order valence-corrected chi connectivity index (χ4v) is 7.79.